The summed E-state index contributed by atoms with van der Waals surface area (Å²) in [6, 6.07) is 0. The number of rotatable bonds is 0. The van der Waals surface area contributed by atoms with Gasteiger partial charge in [0, 0.05) is 0 Å². The molecule has 2 fully saturated rings. The Bertz CT molecular complexity index is 170. The average molecular weight is 134 g/mol. The molecule has 3 aliphatic rings. The molecule has 0 saturated heterocycles. The first-order chi connectivity index (χ1) is 4.83. The highest BCUT2D eigenvalue weighted by atomic mass is 14.5. The van der Waals surface area contributed by atoms with Gasteiger partial charge in [-0.3, -0.25) is 0 Å². The second-order valence-electron chi connectivity index (χ2n) is 4.56. The highest BCUT2D eigenvalue weighted by molar-refractivity contribution is 5.21. The molecule has 3 aliphatic carbocycles. The lowest BCUT2D eigenvalue weighted by atomic mass is 9.84. The van der Waals surface area contributed by atoms with Crippen molar-refractivity contribution < 1.29 is 0 Å². The Balaban J connectivity index is 1.88. The molecule has 0 nitrogen and oxygen atoms in total. The van der Waals surface area contributed by atoms with Crippen LogP contribution in [0.1, 0.15) is 38.5 Å². The third kappa shape index (κ3) is 0.624. The molecule has 0 radical (unpaired) electrons. The Morgan fingerprint density at radius 2 is 0.900 bits per heavy atom. The fourth-order valence-electron chi connectivity index (χ4n) is 2.17. The molecular weight excluding hydrogens is 120 g/mol. The number of allylic oxidation sites excluding steroid dienone is 2. The van der Waals surface area contributed by atoms with Crippen LogP contribution in [0.2, 0.25) is 0 Å². The van der Waals surface area contributed by atoms with E-state index in [0.29, 0.717) is 0 Å². The first kappa shape index (κ1) is 5.40. The summed E-state index contributed by atoms with van der Waals surface area (Å²) >= 11 is 0. The van der Waals surface area contributed by atoms with Gasteiger partial charge in [-0.25, -0.2) is 0 Å². The van der Waals surface area contributed by atoms with Crippen molar-refractivity contribution in [3.63, 3.8) is 0 Å². The van der Waals surface area contributed by atoms with Gasteiger partial charge in [-0.05, 0) is 49.4 Å². The summed E-state index contributed by atoms with van der Waals surface area (Å²) in [5.41, 5.74) is 1.49. The van der Waals surface area contributed by atoms with Crippen LogP contribution in [0.15, 0.2) is 12.2 Å². The van der Waals surface area contributed by atoms with Crippen molar-refractivity contribution in [2.75, 3.05) is 0 Å². The minimum atomic E-state index is 0.744. The van der Waals surface area contributed by atoms with E-state index in [4.69, 9.17) is 0 Å². The van der Waals surface area contributed by atoms with Gasteiger partial charge < -0.3 is 0 Å². The lowest BCUT2D eigenvalue weighted by Crippen LogP contribution is -2.08. The van der Waals surface area contributed by atoms with Crippen LogP contribution < -0.4 is 0 Å². The largest absolute Gasteiger partial charge is 0.0817 e. The highest BCUT2D eigenvalue weighted by Gasteiger charge is 2.49. The molecule has 3 rings (SSSR count). The zero-order valence-corrected chi connectivity index (χ0v) is 6.40. The van der Waals surface area contributed by atoms with Crippen molar-refractivity contribution in [1.82, 2.24) is 0 Å². The van der Waals surface area contributed by atoms with E-state index < -0.39 is 0 Å². The van der Waals surface area contributed by atoms with Crippen LogP contribution in [0.5, 0.6) is 0 Å². The molecule has 0 atom stereocenters. The Morgan fingerprint density at radius 1 is 0.600 bits per heavy atom. The first-order valence-electron chi connectivity index (χ1n) is 4.53. The third-order valence-corrected chi connectivity index (χ3v) is 3.70. The maximum Gasteiger partial charge on any atom is -0.0117 e. The highest BCUT2D eigenvalue weighted by Crippen LogP contribution is 2.62. The van der Waals surface area contributed by atoms with E-state index in [1.54, 1.807) is 0 Å². The van der Waals surface area contributed by atoms with Crippen LogP contribution in [0, 0.1) is 10.8 Å². The van der Waals surface area contributed by atoms with Gasteiger partial charge in [0.1, 0.15) is 0 Å². The number of hydrogen-bond acceptors (Lipinski definition) is 0. The third-order valence-electron chi connectivity index (χ3n) is 3.70. The minimum absolute atomic E-state index is 0.744. The molecule has 0 heteroatoms. The molecule has 0 aromatic heterocycles. The normalized spacial score (nSPS) is 36.8. The van der Waals surface area contributed by atoms with E-state index in [9.17, 15) is 0 Å². The van der Waals surface area contributed by atoms with Gasteiger partial charge in [-0.2, -0.15) is 0 Å². The van der Waals surface area contributed by atoms with E-state index in [2.05, 4.69) is 12.2 Å². The average Bonchev–Trinajstić information content (AvgIpc) is 2.75. The fourth-order valence-corrected chi connectivity index (χ4v) is 2.17. The monoisotopic (exact) mass is 134 g/mol. The molecule has 0 amide bonds. The lowest BCUT2D eigenvalue weighted by molar-refractivity contribution is 0.431. The second-order valence-corrected chi connectivity index (χ2v) is 4.56. The first-order valence-corrected chi connectivity index (χ1v) is 4.53. The summed E-state index contributed by atoms with van der Waals surface area (Å²) < 4.78 is 0. The van der Waals surface area contributed by atoms with Gasteiger partial charge in [-0.1, -0.05) is 12.2 Å². The van der Waals surface area contributed by atoms with Crippen LogP contribution in [-0.2, 0) is 0 Å². The Kier molecular flexibility index (Phi) is 0.725. The Hall–Kier alpha value is -0.260. The van der Waals surface area contributed by atoms with Gasteiger partial charge >= 0.3 is 0 Å². The Labute approximate surface area is 62.3 Å². The summed E-state index contributed by atoms with van der Waals surface area (Å²) in [4.78, 5) is 0. The van der Waals surface area contributed by atoms with Crippen molar-refractivity contribution in [1.29, 1.82) is 0 Å². The van der Waals surface area contributed by atoms with Gasteiger partial charge in [0.05, 0.1) is 0 Å². The SMILES string of the molecule is C1=CC2(CC2)CCC12CC2. The van der Waals surface area contributed by atoms with Gasteiger partial charge in [-0.15, -0.1) is 0 Å². The van der Waals surface area contributed by atoms with Crippen LogP contribution in [0.3, 0.4) is 0 Å². The molecule has 0 heterocycles. The van der Waals surface area contributed by atoms with Gasteiger partial charge in [0.25, 0.3) is 0 Å². The molecule has 54 valence electrons. The van der Waals surface area contributed by atoms with Crippen molar-refractivity contribution in [2.24, 2.45) is 10.8 Å². The molecule has 0 aliphatic heterocycles. The predicted molar refractivity (Wildman–Crippen MR) is 41.7 cm³/mol. The summed E-state index contributed by atoms with van der Waals surface area (Å²) in [6.07, 6.45) is 14.0. The van der Waals surface area contributed by atoms with Crippen molar-refractivity contribution in [3.05, 3.63) is 12.2 Å². The van der Waals surface area contributed by atoms with Crippen LogP contribution >= 0.6 is 0 Å². The molecule has 0 bridgehead atoms. The smallest absolute Gasteiger partial charge is 0.0117 e. The minimum Gasteiger partial charge on any atom is -0.0817 e. The van der Waals surface area contributed by atoms with Crippen molar-refractivity contribution in [3.8, 4) is 0 Å². The van der Waals surface area contributed by atoms with Crippen LogP contribution in [-0.4, -0.2) is 0 Å². The maximum atomic E-state index is 2.53. The molecule has 10 heavy (non-hydrogen) atoms. The molecule has 0 N–H and O–H groups in total. The number of hydrogen-bond donors (Lipinski definition) is 0. The van der Waals surface area contributed by atoms with E-state index in [-0.39, 0.29) is 0 Å². The quantitative estimate of drug-likeness (QED) is 0.447. The van der Waals surface area contributed by atoms with Crippen LogP contribution in [0.4, 0.5) is 0 Å². The molecule has 2 spiro atoms. The standard InChI is InChI=1S/C10H14/c1-2-10(7-8-10)4-3-9(1)5-6-9/h1-2H,3-8H2. The summed E-state index contributed by atoms with van der Waals surface area (Å²) in [7, 11) is 0. The molecular formula is C10H14. The topological polar surface area (TPSA) is 0 Å². The summed E-state index contributed by atoms with van der Waals surface area (Å²) in [6.45, 7) is 0. The fraction of sp³-hybridized carbons (Fsp3) is 0.800. The van der Waals surface area contributed by atoms with Gasteiger partial charge in [0.15, 0.2) is 0 Å². The Morgan fingerprint density at radius 3 is 1.10 bits per heavy atom. The lowest BCUT2D eigenvalue weighted by Gasteiger charge is -2.21. The predicted octanol–water partition coefficient (Wildman–Crippen LogP) is 2.90. The summed E-state index contributed by atoms with van der Waals surface area (Å²) in [5, 5.41) is 0. The van der Waals surface area contributed by atoms with E-state index in [1.165, 1.54) is 38.5 Å². The molecule has 0 unspecified atom stereocenters. The van der Waals surface area contributed by atoms with E-state index >= 15 is 0 Å². The molecule has 0 aromatic rings. The maximum absolute atomic E-state index is 2.53. The zero-order valence-electron chi connectivity index (χ0n) is 6.40. The van der Waals surface area contributed by atoms with Crippen LogP contribution in [0.25, 0.3) is 0 Å². The van der Waals surface area contributed by atoms with E-state index in [0.717, 1.165) is 10.8 Å². The van der Waals surface area contributed by atoms with Crippen molar-refractivity contribution in [2.45, 2.75) is 38.5 Å². The van der Waals surface area contributed by atoms with Crippen molar-refractivity contribution >= 4 is 0 Å². The van der Waals surface area contributed by atoms with E-state index in [1.807, 2.05) is 0 Å². The zero-order chi connectivity index (χ0) is 6.66. The molecule has 2 saturated carbocycles. The second kappa shape index (κ2) is 1.34. The molecule has 0 aromatic carbocycles. The summed E-state index contributed by atoms with van der Waals surface area (Å²) in [5.74, 6) is 0. The van der Waals surface area contributed by atoms with Gasteiger partial charge in [0.2, 0.25) is 0 Å².